The van der Waals surface area contributed by atoms with E-state index in [9.17, 15) is 0 Å². The first-order chi connectivity index (χ1) is 21.8. The number of fused-ring (bicyclic) bond motifs is 3. The van der Waals surface area contributed by atoms with Crippen molar-refractivity contribution in [2.75, 3.05) is 4.90 Å². The van der Waals surface area contributed by atoms with E-state index in [1.807, 2.05) is 0 Å². The first-order valence-corrected chi connectivity index (χ1v) is 15.4. The maximum Gasteiger partial charge on any atom is 0.0713 e. The third-order valence-corrected chi connectivity index (χ3v) is 8.85. The summed E-state index contributed by atoms with van der Waals surface area (Å²) in [5.74, 6) is 0. The number of rotatable bonds is 7. The normalized spacial score (nSPS) is 13.5. The molecular weight excluding hydrogens is 530 g/mol. The quantitative estimate of drug-likeness (QED) is 0.174. The van der Waals surface area contributed by atoms with Gasteiger partial charge in [-0.2, -0.15) is 0 Å². The fourth-order valence-corrected chi connectivity index (χ4v) is 6.94. The second-order valence-corrected chi connectivity index (χ2v) is 11.2. The smallest absolute Gasteiger partial charge is 0.0713 e. The van der Waals surface area contributed by atoms with Crippen LogP contribution in [0.5, 0.6) is 0 Å². The molecule has 0 saturated heterocycles. The lowest BCUT2D eigenvalue weighted by molar-refractivity contribution is 0.768. The fraction of sp³-hybridized carbons (Fsp3) is 0.0698. The number of benzene rings is 6. The van der Waals surface area contributed by atoms with Gasteiger partial charge in [0.1, 0.15) is 0 Å². The second-order valence-electron chi connectivity index (χ2n) is 11.2. The van der Waals surface area contributed by atoms with Crippen LogP contribution < -0.4 is 4.90 Å². The van der Waals surface area contributed by atoms with Crippen LogP contribution in [0.4, 0.5) is 17.1 Å². The average molecular weight is 566 g/mol. The van der Waals surface area contributed by atoms with Crippen LogP contribution >= 0.6 is 0 Å². The van der Waals surface area contributed by atoms with Gasteiger partial charge >= 0.3 is 0 Å². The molecule has 0 atom stereocenters. The van der Waals surface area contributed by atoms with Crippen molar-refractivity contribution in [3.05, 3.63) is 204 Å². The molecule has 0 heterocycles. The zero-order valence-corrected chi connectivity index (χ0v) is 25.2. The molecule has 0 aromatic heterocycles. The van der Waals surface area contributed by atoms with Crippen LogP contribution in [0.1, 0.15) is 41.7 Å². The summed E-state index contributed by atoms with van der Waals surface area (Å²) >= 11 is 0. The molecule has 1 nitrogen and oxygen atoms in total. The van der Waals surface area contributed by atoms with Crippen molar-refractivity contribution >= 4 is 22.6 Å². The van der Waals surface area contributed by atoms with Gasteiger partial charge in [-0.3, -0.25) is 0 Å². The molecule has 7 rings (SSSR count). The van der Waals surface area contributed by atoms with Gasteiger partial charge < -0.3 is 4.90 Å². The number of hydrogen-bond acceptors (Lipinski definition) is 1. The Bertz CT molecular complexity index is 1900. The highest BCUT2D eigenvalue weighted by Gasteiger charge is 2.45. The first kappa shape index (κ1) is 27.4. The van der Waals surface area contributed by atoms with Gasteiger partial charge in [-0.15, -0.1) is 0 Å². The summed E-state index contributed by atoms with van der Waals surface area (Å²) < 4.78 is 0. The lowest BCUT2D eigenvalue weighted by atomic mass is 9.68. The zero-order valence-electron chi connectivity index (χ0n) is 25.2. The minimum absolute atomic E-state index is 0.401. The van der Waals surface area contributed by atoms with E-state index in [1.165, 1.54) is 44.5 Å². The van der Waals surface area contributed by atoms with E-state index in [0.29, 0.717) is 0 Å². The molecule has 1 aliphatic rings. The monoisotopic (exact) mass is 565 g/mol. The Hall–Kier alpha value is -5.40. The first-order valence-electron chi connectivity index (χ1n) is 15.4. The van der Waals surface area contributed by atoms with Crippen molar-refractivity contribution in [3.63, 3.8) is 0 Å². The van der Waals surface area contributed by atoms with Crippen molar-refractivity contribution in [1.29, 1.82) is 0 Å². The Morgan fingerprint density at radius 3 is 1.48 bits per heavy atom. The van der Waals surface area contributed by atoms with Crippen LogP contribution in [0, 0.1) is 0 Å². The van der Waals surface area contributed by atoms with E-state index >= 15 is 0 Å². The van der Waals surface area contributed by atoms with E-state index < -0.39 is 5.41 Å². The van der Waals surface area contributed by atoms with Crippen molar-refractivity contribution in [1.82, 2.24) is 0 Å². The highest BCUT2D eigenvalue weighted by molar-refractivity contribution is 5.87. The van der Waals surface area contributed by atoms with Crippen LogP contribution in [-0.4, -0.2) is 0 Å². The molecule has 0 unspecified atom stereocenters. The van der Waals surface area contributed by atoms with Gasteiger partial charge in [0.25, 0.3) is 0 Å². The number of nitrogens with zero attached hydrogens (tertiary/aromatic N) is 1. The van der Waals surface area contributed by atoms with Crippen molar-refractivity contribution < 1.29 is 0 Å². The Morgan fingerprint density at radius 2 is 0.932 bits per heavy atom. The third kappa shape index (κ3) is 4.49. The van der Waals surface area contributed by atoms with Crippen LogP contribution in [0.3, 0.4) is 0 Å². The van der Waals surface area contributed by atoms with Gasteiger partial charge in [0.15, 0.2) is 0 Å². The molecule has 0 N–H and O–H groups in total. The predicted molar refractivity (Wildman–Crippen MR) is 187 cm³/mol. The van der Waals surface area contributed by atoms with Crippen LogP contribution in [-0.2, 0) is 5.41 Å². The largest absolute Gasteiger partial charge is 0.311 e. The Kier molecular flexibility index (Phi) is 7.30. The zero-order chi connectivity index (χ0) is 29.9. The lowest BCUT2D eigenvalue weighted by Crippen LogP contribution is -2.28. The van der Waals surface area contributed by atoms with E-state index in [4.69, 9.17) is 0 Å². The van der Waals surface area contributed by atoms with E-state index in [0.717, 1.165) is 17.1 Å². The Morgan fingerprint density at radius 1 is 0.477 bits per heavy atom. The number of hydrogen-bond donors (Lipinski definition) is 0. The molecule has 0 aliphatic heterocycles. The maximum atomic E-state index is 2.34. The molecule has 0 spiro atoms. The number of anilines is 3. The van der Waals surface area contributed by atoms with E-state index in [1.54, 1.807) is 0 Å². The molecule has 6 aromatic rings. The molecule has 0 fully saturated rings. The Labute approximate surface area is 261 Å². The summed E-state index contributed by atoms with van der Waals surface area (Å²) in [7, 11) is 0. The molecule has 0 amide bonds. The molecule has 212 valence electrons. The minimum Gasteiger partial charge on any atom is -0.311 e. The fourth-order valence-electron chi connectivity index (χ4n) is 6.94. The van der Waals surface area contributed by atoms with E-state index in [2.05, 4.69) is 195 Å². The summed E-state index contributed by atoms with van der Waals surface area (Å²) in [5.41, 5.74) is 13.2. The molecule has 0 saturated carbocycles. The molecule has 1 aliphatic carbocycles. The summed E-state index contributed by atoms with van der Waals surface area (Å²) in [6.45, 7) is 4.15. The van der Waals surface area contributed by atoms with Crippen molar-refractivity contribution in [2.45, 2.75) is 19.3 Å². The van der Waals surface area contributed by atoms with Crippen LogP contribution in [0.25, 0.3) is 16.7 Å². The van der Waals surface area contributed by atoms with Gasteiger partial charge in [0.2, 0.25) is 0 Å². The van der Waals surface area contributed by atoms with Gasteiger partial charge in [0, 0.05) is 17.1 Å². The van der Waals surface area contributed by atoms with Gasteiger partial charge in [0.05, 0.1) is 5.41 Å². The SMILES string of the molecule is CC=CC(=CC)c1ccc(N(c2ccccc2)c2ccc(C3(c4ccccc4)c4ccccc4-c4ccccc43)cc2)cc1. The molecular formula is C43H35N. The van der Waals surface area contributed by atoms with Gasteiger partial charge in [-0.1, -0.05) is 140 Å². The molecule has 0 radical (unpaired) electrons. The summed E-state index contributed by atoms with van der Waals surface area (Å²) in [4.78, 5) is 2.34. The highest BCUT2D eigenvalue weighted by Crippen LogP contribution is 2.56. The summed E-state index contributed by atoms with van der Waals surface area (Å²) in [6, 6.07) is 57.5. The molecule has 6 aromatic carbocycles. The summed E-state index contributed by atoms with van der Waals surface area (Å²) in [6.07, 6.45) is 6.40. The average Bonchev–Trinajstić information content (AvgIpc) is 3.40. The molecule has 1 heteroatoms. The van der Waals surface area contributed by atoms with E-state index in [-0.39, 0.29) is 0 Å². The van der Waals surface area contributed by atoms with Gasteiger partial charge in [-0.25, -0.2) is 0 Å². The number of para-hydroxylation sites is 1. The summed E-state index contributed by atoms with van der Waals surface area (Å²) in [5, 5.41) is 0. The van der Waals surface area contributed by atoms with Crippen molar-refractivity contribution in [2.24, 2.45) is 0 Å². The standard InChI is InChI=1S/C43H35N/c1-3-15-32(4-2)33-24-28-37(29-25-33)44(36-18-9-6-10-19-36)38-30-26-35(27-31-38)43(34-16-7-5-8-17-34)41-22-13-11-20-39(41)40-21-12-14-23-42(40)43/h3-31H,1-2H3. The van der Waals surface area contributed by atoms with Crippen molar-refractivity contribution in [3.8, 4) is 11.1 Å². The third-order valence-electron chi connectivity index (χ3n) is 8.85. The minimum atomic E-state index is -0.401. The number of allylic oxidation sites excluding steroid dienone is 4. The Balaban J connectivity index is 1.38. The van der Waals surface area contributed by atoms with Crippen LogP contribution in [0.2, 0.25) is 0 Å². The highest BCUT2D eigenvalue weighted by atomic mass is 15.1. The topological polar surface area (TPSA) is 3.24 Å². The lowest BCUT2D eigenvalue weighted by Gasteiger charge is -2.34. The predicted octanol–water partition coefficient (Wildman–Crippen LogP) is 11.5. The van der Waals surface area contributed by atoms with Gasteiger partial charge in [-0.05, 0) is 94.8 Å². The molecule has 44 heavy (non-hydrogen) atoms. The maximum absolute atomic E-state index is 2.34. The second kappa shape index (κ2) is 11.7. The van der Waals surface area contributed by atoms with Crippen LogP contribution in [0.15, 0.2) is 176 Å². The molecule has 0 bridgehead atoms.